The average molecular weight is 321 g/mol. The van der Waals surface area contributed by atoms with Crippen LogP contribution in [0.5, 0.6) is 11.5 Å². The van der Waals surface area contributed by atoms with E-state index in [1.165, 1.54) is 13.0 Å². The summed E-state index contributed by atoms with van der Waals surface area (Å²) < 4.78 is 5.57. The number of carboxylic acid groups (broad SMARTS) is 2. The molecule has 8 nitrogen and oxygen atoms in total. The van der Waals surface area contributed by atoms with Crippen molar-refractivity contribution < 1.29 is 34.4 Å². The number of hydrogen-bond acceptors (Lipinski definition) is 5. The van der Waals surface area contributed by atoms with Crippen LogP contribution in [-0.4, -0.2) is 50.7 Å². The van der Waals surface area contributed by atoms with Crippen molar-refractivity contribution in [2.45, 2.75) is 26.0 Å². The van der Waals surface area contributed by atoms with Crippen LogP contribution in [0.25, 0.3) is 0 Å². The van der Waals surface area contributed by atoms with Crippen LogP contribution in [0.2, 0.25) is 0 Å². The molecule has 0 bridgehead atoms. The van der Waals surface area contributed by atoms with E-state index in [-0.39, 0.29) is 30.0 Å². The average Bonchev–Trinajstić information content (AvgIpc) is 3.02. The van der Waals surface area contributed by atoms with Gasteiger partial charge in [-0.1, -0.05) is 0 Å². The number of nitrogens with zero attached hydrogens (tertiary/aromatic N) is 1. The molecule has 0 saturated heterocycles. The Hall–Kier alpha value is -2.77. The van der Waals surface area contributed by atoms with Crippen molar-refractivity contribution in [2.75, 3.05) is 6.54 Å². The van der Waals surface area contributed by atoms with Crippen molar-refractivity contribution in [1.29, 1.82) is 0 Å². The largest absolute Gasteiger partial charge is 0.507 e. The number of aromatic hydroxyl groups is 1. The van der Waals surface area contributed by atoms with Crippen LogP contribution in [-0.2, 0) is 22.6 Å². The van der Waals surface area contributed by atoms with E-state index in [4.69, 9.17) is 14.9 Å². The lowest BCUT2D eigenvalue weighted by molar-refractivity contribution is -0.144. The Labute approximate surface area is 130 Å². The molecule has 1 aromatic rings. The molecule has 0 fully saturated rings. The zero-order chi connectivity index (χ0) is 16.9. The van der Waals surface area contributed by atoms with Gasteiger partial charge >= 0.3 is 11.9 Å². The first-order valence-electron chi connectivity index (χ1n) is 7.07. The van der Waals surface area contributed by atoms with Crippen LogP contribution in [0.3, 0.4) is 0 Å². The van der Waals surface area contributed by atoms with Gasteiger partial charge in [-0.2, -0.15) is 0 Å². The smallest absolute Gasteiger partial charge is 0.323 e. The molecule has 1 aromatic carbocycles. The van der Waals surface area contributed by atoms with E-state index in [0.717, 1.165) is 4.90 Å². The Morgan fingerprint density at radius 3 is 2.70 bits per heavy atom. The second kappa shape index (κ2) is 5.15. The van der Waals surface area contributed by atoms with E-state index in [9.17, 15) is 19.5 Å². The van der Waals surface area contributed by atoms with Crippen molar-refractivity contribution in [1.82, 2.24) is 4.90 Å². The summed E-state index contributed by atoms with van der Waals surface area (Å²) >= 11 is 0. The topological polar surface area (TPSA) is 124 Å². The van der Waals surface area contributed by atoms with Crippen LogP contribution < -0.4 is 4.74 Å². The van der Waals surface area contributed by atoms with Crippen molar-refractivity contribution in [2.24, 2.45) is 5.92 Å². The predicted molar refractivity (Wildman–Crippen MR) is 75.4 cm³/mol. The SMILES string of the molecule is C[C@H](C(=O)O)[C@H]1Cc2c(cc3c(c2O)CN(CC(=O)O)C3=O)O1. The van der Waals surface area contributed by atoms with E-state index in [0.29, 0.717) is 11.1 Å². The Morgan fingerprint density at radius 1 is 1.39 bits per heavy atom. The Morgan fingerprint density at radius 2 is 2.09 bits per heavy atom. The van der Waals surface area contributed by atoms with Crippen molar-refractivity contribution >= 4 is 17.8 Å². The van der Waals surface area contributed by atoms with E-state index >= 15 is 0 Å². The molecule has 0 saturated carbocycles. The molecule has 0 aromatic heterocycles. The zero-order valence-electron chi connectivity index (χ0n) is 12.3. The molecular formula is C15H15NO7. The number of aliphatic carboxylic acids is 2. The van der Waals surface area contributed by atoms with Crippen LogP contribution in [0.15, 0.2) is 6.07 Å². The van der Waals surface area contributed by atoms with E-state index in [1.807, 2.05) is 0 Å². The molecule has 122 valence electrons. The fourth-order valence-corrected chi connectivity index (χ4v) is 2.95. The highest BCUT2D eigenvalue weighted by molar-refractivity contribution is 6.01. The van der Waals surface area contributed by atoms with Gasteiger partial charge in [0.25, 0.3) is 5.91 Å². The summed E-state index contributed by atoms with van der Waals surface area (Å²) in [4.78, 5) is 35.2. The maximum Gasteiger partial charge on any atom is 0.323 e. The first kappa shape index (κ1) is 15.1. The van der Waals surface area contributed by atoms with E-state index in [1.54, 1.807) is 0 Å². The second-order valence-corrected chi connectivity index (χ2v) is 5.77. The predicted octanol–water partition coefficient (Wildman–Crippen LogP) is 0.457. The molecule has 0 aliphatic carbocycles. The quantitative estimate of drug-likeness (QED) is 0.735. The third kappa shape index (κ3) is 2.36. The number of carbonyl (C=O) groups is 3. The number of benzene rings is 1. The molecule has 3 N–H and O–H groups in total. The highest BCUT2D eigenvalue weighted by Gasteiger charge is 2.39. The summed E-state index contributed by atoms with van der Waals surface area (Å²) in [5.74, 6) is -3.21. The molecule has 0 unspecified atom stereocenters. The van der Waals surface area contributed by atoms with E-state index in [2.05, 4.69) is 0 Å². The third-order valence-corrected chi connectivity index (χ3v) is 4.29. The first-order valence-corrected chi connectivity index (χ1v) is 7.07. The van der Waals surface area contributed by atoms with Crippen LogP contribution in [0, 0.1) is 5.92 Å². The maximum atomic E-state index is 12.2. The van der Waals surface area contributed by atoms with Crippen molar-refractivity contribution in [3.63, 3.8) is 0 Å². The van der Waals surface area contributed by atoms with E-state index < -0.39 is 36.4 Å². The normalized spacial score (nSPS) is 20.0. The monoisotopic (exact) mass is 321 g/mol. The number of carbonyl (C=O) groups excluding carboxylic acids is 1. The number of hydrogen-bond donors (Lipinski definition) is 3. The molecule has 23 heavy (non-hydrogen) atoms. The summed E-state index contributed by atoms with van der Waals surface area (Å²) in [5.41, 5.74) is 1.03. The Bertz CT molecular complexity index is 727. The van der Waals surface area contributed by atoms with Crippen LogP contribution in [0.4, 0.5) is 0 Å². The summed E-state index contributed by atoms with van der Waals surface area (Å²) in [6, 6.07) is 1.46. The van der Waals surface area contributed by atoms with Gasteiger partial charge in [0.1, 0.15) is 24.1 Å². The molecule has 0 radical (unpaired) electrons. The molecule has 2 heterocycles. The number of phenols is 1. The number of fused-ring (bicyclic) bond motifs is 2. The molecule has 2 aliphatic heterocycles. The first-order chi connectivity index (χ1) is 10.8. The van der Waals surface area contributed by atoms with Crippen LogP contribution in [0.1, 0.15) is 28.4 Å². The zero-order valence-corrected chi connectivity index (χ0v) is 12.3. The summed E-state index contributed by atoms with van der Waals surface area (Å²) in [6.45, 7) is 1.08. The van der Waals surface area contributed by atoms with Gasteiger partial charge in [-0.3, -0.25) is 14.4 Å². The second-order valence-electron chi connectivity index (χ2n) is 5.77. The fourth-order valence-electron chi connectivity index (χ4n) is 2.95. The van der Waals surface area contributed by atoms with Gasteiger partial charge in [0.05, 0.1) is 18.0 Å². The number of ether oxygens (including phenoxy) is 1. The molecule has 0 spiro atoms. The Balaban J connectivity index is 1.92. The summed E-state index contributed by atoms with van der Waals surface area (Å²) in [5, 5.41) is 28.3. The van der Waals surface area contributed by atoms with Gasteiger partial charge in [-0.05, 0) is 13.0 Å². The summed E-state index contributed by atoms with van der Waals surface area (Å²) in [6.07, 6.45) is -0.379. The fraction of sp³-hybridized carbons (Fsp3) is 0.400. The van der Waals surface area contributed by atoms with Gasteiger partial charge in [0, 0.05) is 17.5 Å². The number of carboxylic acids is 2. The molecule has 2 atom stereocenters. The highest BCUT2D eigenvalue weighted by Crippen LogP contribution is 2.44. The number of rotatable bonds is 4. The Kier molecular flexibility index (Phi) is 3.39. The minimum atomic E-state index is -1.13. The number of amides is 1. The lowest BCUT2D eigenvalue weighted by atomic mass is 9.97. The van der Waals surface area contributed by atoms with Crippen molar-refractivity contribution in [3.05, 3.63) is 22.8 Å². The minimum Gasteiger partial charge on any atom is -0.507 e. The maximum absolute atomic E-state index is 12.2. The standard InChI is InChI=1S/C15H15NO7/c1-6(15(21)22)10-3-8-11(23-10)2-7-9(13(8)19)4-16(14(7)20)5-12(17)18/h2,6,10,19H,3-5H2,1H3,(H,17,18)(H,21,22)/t6-,10+/m0/s1. The number of phenolic OH excluding ortho intramolecular Hbond substituents is 1. The minimum absolute atomic E-state index is 0.0126. The van der Waals surface area contributed by atoms with Crippen molar-refractivity contribution in [3.8, 4) is 11.5 Å². The summed E-state index contributed by atoms with van der Waals surface area (Å²) in [7, 11) is 0. The van der Waals surface area contributed by atoms with Gasteiger partial charge < -0.3 is 25.0 Å². The van der Waals surface area contributed by atoms with Gasteiger partial charge in [-0.15, -0.1) is 0 Å². The lowest BCUT2D eigenvalue weighted by Gasteiger charge is -2.14. The third-order valence-electron chi connectivity index (χ3n) is 4.29. The van der Waals surface area contributed by atoms with Gasteiger partial charge in [-0.25, -0.2) is 0 Å². The molecule has 8 heteroatoms. The highest BCUT2D eigenvalue weighted by atomic mass is 16.5. The molecule has 1 amide bonds. The lowest BCUT2D eigenvalue weighted by Crippen LogP contribution is -2.30. The van der Waals surface area contributed by atoms with Gasteiger partial charge in [0.15, 0.2) is 0 Å². The van der Waals surface area contributed by atoms with Gasteiger partial charge in [0.2, 0.25) is 0 Å². The molecular weight excluding hydrogens is 306 g/mol. The molecule has 3 rings (SSSR count). The molecule has 2 aliphatic rings. The van der Waals surface area contributed by atoms with Crippen LogP contribution >= 0.6 is 0 Å².